The lowest BCUT2D eigenvalue weighted by atomic mass is 9.96. The lowest BCUT2D eigenvalue weighted by Gasteiger charge is -2.36. The lowest BCUT2D eigenvalue weighted by Crippen LogP contribution is -2.49. The molecule has 14 heavy (non-hydrogen) atoms. The van der Waals surface area contributed by atoms with Crippen molar-refractivity contribution < 1.29 is 13.5 Å². The normalized spacial score (nSPS) is 28.1. The Kier molecular flexibility index (Phi) is 3.55. The Morgan fingerprint density at radius 3 is 2.21 bits per heavy atom. The molecule has 1 fully saturated rings. The summed E-state index contributed by atoms with van der Waals surface area (Å²) in [5, 5.41) is 8.73. The molecule has 84 valence electrons. The molecule has 0 atom stereocenters. The van der Waals surface area contributed by atoms with E-state index in [1.807, 2.05) is 20.8 Å². The minimum absolute atomic E-state index is 0.00254. The van der Waals surface area contributed by atoms with Crippen molar-refractivity contribution in [1.82, 2.24) is 4.31 Å². The first-order valence-corrected chi connectivity index (χ1v) is 6.58. The van der Waals surface area contributed by atoms with Crippen LogP contribution in [0.25, 0.3) is 0 Å². The van der Waals surface area contributed by atoms with Gasteiger partial charge in [0.1, 0.15) is 0 Å². The Balaban J connectivity index is 2.73. The van der Waals surface area contributed by atoms with Gasteiger partial charge in [-0.3, -0.25) is 0 Å². The fourth-order valence-electron chi connectivity index (χ4n) is 1.81. The first kappa shape index (κ1) is 11.9. The summed E-state index contributed by atoms with van der Waals surface area (Å²) in [6.07, 6.45) is 0.373. The molecular weight excluding hydrogens is 202 g/mol. The molecular formula is C9H19NO3S. The highest BCUT2D eigenvalue weighted by molar-refractivity contribution is 7.89. The number of rotatable bonds is 4. The van der Waals surface area contributed by atoms with Crippen LogP contribution in [-0.2, 0) is 10.0 Å². The number of sulfonamides is 1. The average Bonchev–Trinajstić information content (AvgIpc) is 1.98. The highest BCUT2D eigenvalue weighted by atomic mass is 32.2. The molecule has 1 rings (SSSR count). The maximum absolute atomic E-state index is 11.9. The third kappa shape index (κ3) is 2.10. The fraction of sp³-hybridized carbons (Fsp3) is 1.00. The van der Waals surface area contributed by atoms with Gasteiger partial charge in [0.05, 0.1) is 11.4 Å². The molecule has 0 aromatic heterocycles. The van der Waals surface area contributed by atoms with Crippen molar-refractivity contribution in [2.75, 3.05) is 6.54 Å². The Hall–Kier alpha value is -0.130. The SMILES string of the molecule is CCN(C(C)C)S(=O)(=O)C1CC(O)C1. The molecule has 0 spiro atoms. The van der Waals surface area contributed by atoms with E-state index in [-0.39, 0.29) is 11.3 Å². The van der Waals surface area contributed by atoms with Crippen molar-refractivity contribution in [3.63, 3.8) is 0 Å². The highest BCUT2D eigenvalue weighted by Crippen LogP contribution is 2.29. The molecule has 0 heterocycles. The van der Waals surface area contributed by atoms with Crippen molar-refractivity contribution in [3.05, 3.63) is 0 Å². The standard InChI is InChI=1S/C9H19NO3S/c1-4-10(7(2)3)14(12,13)9-5-8(11)6-9/h7-9,11H,4-6H2,1-3H3. The molecule has 0 bridgehead atoms. The van der Waals surface area contributed by atoms with E-state index < -0.39 is 16.1 Å². The van der Waals surface area contributed by atoms with Crippen molar-refractivity contribution in [3.8, 4) is 0 Å². The second kappa shape index (κ2) is 4.16. The first-order chi connectivity index (χ1) is 6.39. The van der Waals surface area contributed by atoms with Crippen LogP contribution in [0.5, 0.6) is 0 Å². The summed E-state index contributed by atoms with van der Waals surface area (Å²) in [7, 11) is -3.17. The van der Waals surface area contributed by atoms with Gasteiger partial charge in [0, 0.05) is 12.6 Å². The fourth-order valence-corrected chi connectivity index (χ4v) is 4.07. The van der Waals surface area contributed by atoms with Gasteiger partial charge in [0.15, 0.2) is 0 Å². The molecule has 0 radical (unpaired) electrons. The second-order valence-corrected chi connectivity index (χ2v) is 6.25. The summed E-state index contributed by atoms with van der Waals surface area (Å²) in [6, 6.07) is 0.00254. The molecule has 1 saturated carbocycles. The summed E-state index contributed by atoms with van der Waals surface area (Å²) < 4.78 is 25.4. The quantitative estimate of drug-likeness (QED) is 0.755. The Bertz CT molecular complexity index is 280. The van der Waals surface area contributed by atoms with Crippen molar-refractivity contribution in [2.24, 2.45) is 0 Å². The summed E-state index contributed by atoms with van der Waals surface area (Å²) in [4.78, 5) is 0. The molecule has 1 aliphatic rings. The molecule has 4 nitrogen and oxygen atoms in total. The van der Waals surface area contributed by atoms with Crippen molar-refractivity contribution in [2.45, 2.75) is 51.0 Å². The van der Waals surface area contributed by atoms with Crippen LogP contribution >= 0.6 is 0 Å². The molecule has 0 amide bonds. The maximum Gasteiger partial charge on any atom is 0.217 e. The van der Waals surface area contributed by atoms with Crippen LogP contribution in [0.3, 0.4) is 0 Å². The van der Waals surface area contributed by atoms with Crippen LogP contribution < -0.4 is 0 Å². The zero-order chi connectivity index (χ0) is 10.9. The van der Waals surface area contributed by atoms with Gasteiger partial charge in [-0.2, -0.15) is 4.31 Å². The molecule has 0 saturated heterocycles. The molecule has 5 heteroatoms. The van der Waals surface area contributed by atoms with Crippen LogP contribution in [-0.4, -0.2) is 41.8 Å². The van der Waals surface area contributed by atoms with E-state index in [4.69, 9.17) is 5.11 Å². The Labute approximate surface area is 86.0 Å². The van der Waals surface area contributed by atoms with Crippen molar-refractivity contribution in [1.29, 1.82) is 0 Å². The van der Waals surface area contributed by atoms with Crippen LogP contribution in [0.15, 0.2) is 0 Å². The van der Waals surface area contributed by atoms with Gasteiger partial charge in [-0.25, -0.2) is 8.42 Å². The molecule has 0 aromatic carbocycles. The van der Waals surface area contributed by atoms with E-state index in [0.29, 0.717) is 19.4 Å². The van der Waals surface area contributed by atoms with E-state index in [1.54, 1.807) is 0 Å². The minimum Gasteiger partial charge on any atom is -0.393 e. The third-order valence-corrected chi connectivity index (χ3v) is 5.27. The second-order valence-electron chi connectivity index (χ2n) is 4.09. The van der Waals surface area contributed by atoms with E-state index in [0.717, 1.165) is 0 Å². The maximum atomic E-state index is 11.9. The van der Waals surface area contributed by atoms with Crippen molar-refractivity contribution >= 4 is 10.0 Å². The zero-order valence-corrected chi connectivity index (χ0v) is 9.79. The monoisotopic (exact) mass is 221 g/mol. The van der Waals surface area contributed by atoms with Gasteiger partial charge in [-0.1, -0.05) is 6.92 Å². The number of nitrogens with zero attached hydrogens (tertiary/aromatic N) is 1. The van der Waals surface area contributed by atoms with E-state index in [9.17, 15) is 8.42 Å². The van der Waals surface area contributed by atoms with Gasteiger partial charge in [0.2, 0.25) is 10.0 Å². The Morgan fingerprint density at radius 2 is 1.93 bits per heavy atom. The van der Waals surface area contributed by atoms with Crippen LogP contribution in [0.1, 0.15) is 33.6 Å². The number of hydrogen-bond acceptors (Lipinski definition) is 3. The van der Waals surface area contributed by atoms with Crippen LogP contribution in [0.4, 0.5) is 0 Å². The van der Waals surface area contributed by atoms with E-state index in [1.165, 1.54) is 4.31 Å². The summed E-state index contributed by atoms with van der Waals surface area (Å²) in [6.45, 7) is 6.09. The largest absolute Gasteiger partial charge is 0.393 e. The minimum atomic E-state index is -3.17. The van der Waals surface area contributed by atoms with E-state index in [2.05, 4.69) is 0 Å². The smallest absolute Gasteiger partial charge is 0.217 e. The number of hydrogen-bond donors (Lipinski definition) is 1. The molecule has 0 aromatic rings. The first-order valence-electron chi connectivity index (χ1n) is 5.08. The summed E-state index contributed by atoms with van der Waals surface area (Å²) in [5.74, 6) is 0. The summed E-state index contributed by atoms with van der Waals surface area (Å²) in [5.41, 5.74) is 0. The highest BCUT2D eigenvalue weighted by Gasteiger charge is 2.41. The lowest BCUT2D eigenvalue weighted by molar-refractivity contribution is 0.0952. The predicted octanol–water partition coefficient (Wildman–Crippen LogP) is 0.570. The van der Waals surface area contributed by atoms with Gasteiger partial charge in [0.25, 0.3) is 0 Å². The van der Waals surface area contributed by atoms with Gasteiger partial charge >= 0.3 is 0 Å². The average molecular weight is 221 g/mol. The summed E-state index contributed by atoms with van der Waals surface area (Å²) >= 11 is 0. The molecule has 1 N–H and O–H groups in total. The zero-order valence-electron chi connectivity index (χ0n) is 8.97. The molecule has 1 aliphatic carbocycles. The molecule has 0 unspecified atom stereocenters. The third-order valence-electron chi connectivity index (χ3n) is 2.71. The topological polar surface area (TPSA) is 57.6 Å². The van der Waals surface area contributed by atoms with Crippen LogP contribution in [0, 0.1) is 0 Å². The van der Waals surface area contributed by atoms with Gasteiger partial charge in [-0.05, 0) is 26.7 Å². The Morgan fingerprint density at radius 1 is 1.43 bits per heavy atom. The molecule has 0 aliphatic heterocycles. The number of aliphatic hydroxyl groups is 1. The van der Waals surface area contributed by atoms with Gasteiger partial charge in [-0.15, -0.1) is 0 Å². The van der Waals surface area contributed by atoms with Gasteiger partial charge < -0.3 is 5.11 Å². The predicted molar refractivity (Wildman–Crippen MR) is 55.5 cm³/mol. The van der Waals surface area contributed by atoms with Crippen LogP contribution in [0.2, 0.25) is 0 Å². The number of aliphatic hydroxyl groups excluding tert-OH is 1. The van der Waals surface area contributed by atoms with E-state index >= 15 is 0 Å².